The SMILES string of the molecule is C=CCC(NC(=O)C1CCCN1C(=O)CNC(=O)OC(C)(C)C)C(=O)C(C)=O. The second-order valence-corrected chi connectivity index (χ2v) is 7.61. The number of hydrogen-bond donors (Lipinski definition) is 2. The number of Topliss-reactive ketones (excluding diaryl/α,β-unsaturated/α-hetero) is 2. The Morgan fingerprint density at radius 2 is 1.89 bits per heavy atom. The topological polar surface area (TPSA) is 122 Å². The molecule has 3 amide bonds. The van der Waals surface area contributed by atoms with Gasteiger partial charge in [-0.1, -0.05) is 6.08 Å². The third-order valence-electron chi connectivity index (χ3n) is 4.04. The van der Waals surface area contributed by atoms with E-state index in [0.717, 1.165) is 6.92 Å². The summed E-state index contributed by atoms with van der Waals surface area (Å²) in [6, 6.07) is -1.76. The number of nitrogens with zero attached hydrogens (tertiary/aromatic N) is 1. The summed E-state index contributed by atoms with van der Waals surface area (Å²) in [5, 5.41) is 4.91. The predicted molar refractivity (Wildman–Crippen MR) is 101 cm³/mol. The van der Waals surface area contributed by atoms with Gasteiger partial charge in [0.1, 0.15) is 18.2 Å². The number of hydrogen-bond acceptors (Lipinski definition) is 6. The van der Waals surface area contributed by atoms with E-state index in [2.05, 4.69) is 17.2 Å². The second kappa shape index (κ2) is 10.0. The van der Waals surface area contributed by atoms with Gasteiger partial charge in [0, 0.05) is 13.5 Å². The van der Waals surface area contributed by atoms with Crippen LogP contribution in [0, 0.1) is 0 Å². The van der Waals surface area contributed by atoms with Crippen molar-refractivity contribution in [2.24, 2.45) is 0 Å². The number of ether oxygens (including phenoxy) is 1. The molecule has 1 saturated heterocycles. The second-order valence-electron chi connectivity index (χ2n) is 7.61. The van der Waals surface area contributed by atoms with E-state index in [1.165, 1.54) is 11.0 Å². The van der Waals surface area contributed by atoms with Crippen molar-refractivity contribution in [2.75, 3.05) is 13.1 Å². The minimum absolute atomic E-state index is 0.116. The first-order valence-electron chi connectivity index (χ1n) is 9.18. The highest BCUT2D eigenvalue weighted by Gasteiger charge is 2.36. The molecule has 0 bridgehead atoms. The van der Waals surface area contributed by atoms with E-state index in [-0.39, 0.29) is 13.0 Å². The number of ketones is 2. The Labute approximate surface area is 164 Å². The van der Waals surface area contributed by atoms with Gasteiger partial charge < -0.3 is 20.3 Å². The fourth-order valence-corrected chi connectivity index (χ4v) is 2.81. The minimum atomic E-state index is -1.00. The number of carbonyl (C=O) groups excluding carboxylic acids is 5. The fourth-order valence-electron chi connectivity index (χ4n) is 2.81. The number of rotatable bonds is 8. The van der Waals surface area contributed by atoms with Gasteiger partial charge in [-0.25, -0.2) is 4.79 Å². The van der Waals surface area contributed by atoms with Crippen LogP contribution in [0.4, 0.5) is 4.79 Å². The van der Waals surface area contributed by atoms with E-state index in [0.29, 0.717) is 19.4 Å². The molecule has 9 nitrogen and oxygen atoms in total. The molecule has 2 unspecified atom stereocenters. The summed E-state index contributed by atoms with van der Waals surface area (Å²) in [4.78, 5) is 61.3. The molecule has 0 aliphatic carbocycles. The van der Waals surface area contributed by atoms with Crippen LogP contribution in [0.25, 0.3) is 0 Å². The van der Waals surface area contributed by atoms with E-state index in [1.807, 2.05) is 0 Å². The van der Waals surface area contributed by atoms with Gasteiger partial charge in [0.15, 0.2) is 5.78 Å². The minimum Gasteiger partial charge on any atom is -0.444 e. The van der Waals surface area contributed by atoms with Gasteiger partial charge in [-0.3, -0.25) is 19.2 Å². The molecule has 9 heteroatoms. The molecule has 1 aliphatic rings. The lowest BCUT2D eigenvalue weighted by Gasteiger charge is -2.26. The van der Waals surface area contributed by atoms with Crippen molar-refractivity contribution in [3.63, 3.8) is 0 Å². The Morgan fingerprint density at radius 3 is 2.43 bits per heavy atom. The molecule has 1 fully saturated rings. The standard InChI is InChI=1S/C19H29N3O6/c1-6-8-13(16(25)12(2)23)21-17(26)14-9-7-10-22(14)15(24)11-20-18(27)28-19(3,4)5/h6,13-14H,1,7-11H2,2-5H3,(H,20,27)(H,21,26). The maximum atomic E-state index is 12.6. The smallest absolute Gasteiger partial charge is 0.408 e. The van der Waals surface area contributed by atoms with Crippen molar-refractivity contribution < 1.29 is 28.7 Å². The summed E-state index contributed by atoms with van der Waals surface area (Å²) in [6.07, 6.45) is 1.88. The van der Waals surface area contributed by atoms with Crippen LogP contribution in [0.2, 0.25) is 0 Å². The summed E-state index contributed by atoms with van der Waals surface area (Å²) in [7, 11) is 0. The molecular formula is C19H29N3O6. The number of carbonyl (C=O) groups is 5. The van der Waals surface area contributed by atoms with Crippen LogP contribution in [0.3, 0.4) is 0 Å². The third-order valence-corrected chi connectivity index (χ3v) is 4.04. The van der Waals surface area contributed by atoms with Crippen molar-refractivity contribution in [3.8, 4) is 0 Å². The average molecular weight is 395 g/mol. The van der Waals surface area contributed by atoms with Crippen LogP contribution in [0.5, 0.6) is 0 Å². The summed E-state index contributed by atoms with van der Waals surface area (Å²) >= 11 is 0. The Kier molecular flexibility index (Phi) is 8.34. The molecular weight excluding hydrogens is 366 g/mol. The van der Waals surface area contributed by atoms with Crippen LogP contribution < -0.4 is 10.6 Å². The normalized spacial score (nSPS) is 17.4. The molecule has 28 heavy (non-hydrogen) atoms. The maximum Gasteiger partial charge on any atom is 0.408 e. The van der Waals surface area contributed by atoms with Gasteiger partial charge in [0.25, 0.3) is 0 Å². The van der Waals surface area contributed by atoms with Crippen molar-refractivity contribution in [1.29, 1.82) is 0 Å². The molecule has 1 aliphatic heterocycles. The number of amides is 3. The predicted octanol–water partition coefficient (Wildman–Crippen LogP) is 0.721. The van der Waals surface area contributed by atoms with Crippen LogP contribution >= 0.6 is 0 Å². The number of nitrogens with one attached hydrogen (secondary N) is 2. The maximum absolute atomic E-state index is 12.6. The Balaban J connectivity index is 2.69. The molecule has 0 aromatic rings. The number of alkyl carbamates (subject to hydrolysis) is 1. The molecule has 2 N–H and O–H groups in total. The van der Waals surface area contributed by atoms with Gasteiger partial charge >= 0.3 is 6.09 Å². The van der Waals surface area contributed by atoms with Gasteiger partial charge in [-0.05, 0) is 40.0 Å². The summed E-state index contributed by atoms with van der Waals surface area (Å²) < 4.78 is 5.07. The molecule has 1 rings (SSSR count). The quantitative estimate of drug-likeness (QED) is 0.461. The van der Waals surface area contributed by atoms with E-state index in [4.69, 9.17) is 4.74 Å². The molecule has 0 spiro atoms. The summed E-state index contributed by atoms with van der Waals surface area (Å²) in [5.74, 6) is -2.31. The van der Waals surface area contributed by atoms with Gasteiger partial charge in [0.2, 0.25) is 17.6 Å². The van der Waals surface area contributed by atoms with Gasteiger partial charge in [-0.2, -0.15) is 0 Å². The highest BCUT2D eigenvalue weighted by atomic mass is 16.6. The van der Waals surface area contributed by atoms with Crippen LogP contribution in [-0.2, 0) is 23.9 Å². The van der Waals surface area contributed by atoms with Crippen LogP contribution in [0.15, 0.2) is 12.7 Å². The van der Waals surface area contributed by atoms with Crippen molar-refractivity contribution >= 4 is 29.5 Å². The lowest BCUT2D eigenvalue weighted by molar-refractivity contribution is -0.140. The average Bonchev–Trinajstić information content (AvgIpc) is 3.06. The zero-order chi connectivity index (χ0) is 21.5. The Hall–Kier alpha value is -2.71. The molecule has 156 valence electrons. The Morgan fingerprint density at radius 1 is 1.25 bits per heavy atom. The van der Waals surface area contributed by atoms with Crippen molar-refractivity contribution in [2.45, 2.75) is 64.6 Å². The van der Waals surface area contributed by atoms with Gasteiger partial charge in [-0.15, -0.1) is 6.58 Å². The largest absolute Gasteiger partial charge is 0.444 e. The Bertz CT molecular complexity index is 653. The first kappa shape index (κ1) is 23.3. The lowest BCUT2D eigenvalue weighted by atomic mass is 10.1. The molecule has 0 aromatic heterocycles. The van der Waals surface area contributed by atoms with Crippen LogP contribution in [-0.4, -0.2) is 65.1 Å². The van der Waals surface area contributed by atoms with E-state index >= 15 is 0 Å². The van der Waals surface area contributed by atoms with E-state index in [1.54, 1.807) is 20.8 Å². The highest BCUT2D eigenvalue weighted by molar-refractivity contribution is 6.38. The highest BCUT2D eigenvalue weighted by Crippen LogP contribution is 2.18. The van der Waals surface area contributed by atoms with E-state index < -0.39 is 47.2 Å². The fraction of sp³-hybridized carbons (Fsp3) is 0.632. The molecule has 1 heterocycles. The molecule has 0 radical (unpaired) electrons. The third kappa shape index (κ3) is 7.13. The molecule has 2 atom stereocenters. The monoisotopic (exact) mass is 395 g/mol. The summed E-state index contributed by atoms with van der Waals surface area (Å²) in [6.45, 7) is 9.84. The first-order valence-corrected chi connectivity index (χ1v) is 9.18. The number of likely N-dealkylation sites (tertiary alicyclic amines) is 1. The lowest BCUT2D eigenvalue weighted by Crippen LogP contribution is -2.53. The zero-order valence-electron chi connectivity index (χ0n) is 16.9. The van der Waals surface area contributed by atoms with Gasteiger partial charge in [0.05, 0.1) is 6.04 Å². The van der Waals surface area contributed by atoms with Crippen molar-refractivity contribution in [3.05, 3.63) is 12.7 Å². The van der Waals surface area contributed by atoms with Crippen LogP contribution in [0.1, 0.15) is 47.0 Å². The molecule has 0 saturated carbocycles. The zero-order valence-corrected chi connectivity index (χ0v) is 16.9. The van der Waals surface area contributed by atoms with Crippen molar-refractivity contribution in [1.82, 2.24) is 15.5 Å². The summed E-state index contributed by atoms with van der Waals surface area (Å²) in [5.41, 5.74) is -0.688. The molecule has 0 aromatic carbocycles. The van der Waals surface area contributed by atoms with E-state index in [9.17, 15) is 24.0 Å². The first-order chi connectivity index (χ1) is 13.0.